The fourth-order valence-electron chi connectivity index (χ4n) is 2.57. The molecule has 0 saturated carbocycles. The number of halogens is 1. The lowest BCUT2D eigenvalue weighted by Crippen LogP contribution is -2.41. The van der Waals surface area contributed by atoms with Gasteiger partial charge in [-0.3, -0.25) is 9.59 Å². The van der Waals surface area contributed by atoms with Gasteiger partial charge in [0.2, 0.25) is 5.91 Å². The first-order valence-electron chi connectivity index (χ1n) is 7.93. The van der Waals surface area contributed by atoms with Crippen molar-refractivity contribution in [3.63, 3.8) is 0 Å². The van der Waals surface area contributed by atoms with Crippen LogP contribution < -0.4 is 4.74 Å². The van der Waals surface area contributed by atoms with Gasteiger partial charge in [0.05, 0.1) is 25.6 Å². The number of amides is 1. The number of nitrogens with zero attached hydrogens (tertiary/aromatic N) is 1. The Hall–Kier alpha value is -2.11. The molecule has 2 rings (SSSR count). The highest BCUT2D eigenvalue weighted by molar-refractivity contribution is 5.77. The summed E-state index contributed by atoms with van der Waals surface area (Å²) in [5.74, 6) is -0.0405. The van der Waals surface area contributed by atoms with Crippen LogP contribution in [0.15, 0.2) is 24.3 Å². The highest BCUT2D eigenvalue weighted by Crippen LogP contribution is 2.19. The molecule has 1 fully saturated rings. The second-order valence-electron chi connectivity index (χ2n) is 5.46. The number of esters is 1. The van der Waals surface area contributed by atoms with Crippen LogP contribution in [0, 0.1) is 11.7 Å². The first kappa shape index (κ1) is 17.2. The molecule has 1 saturated heterocycles. The molecule has 0 atom stereocenters. The highest BCUT2D eigenvalue weighted by atomic mass is 19.1. The van der Waals surface area contributed by atoms with Gasteiger partial charge in [0.15, 0.2) is 0 Å². The molecule has 1 aromatic rings. The molecular formula is C17H22FNO4. The lowest BCUT2D eigenvalue weighted by Gasteiger charge is -2.30. The number of piperidine rings is 1. The van der Waals surface area contributed by atoms with E-state index in [4.69, 9.17) is 9.47 Å². The molecule has 23 heavy (non-hydrogen) atoms. The standard InChI is InChI=1S/C17H22FNO4/c1-2-22-17(21)13-7-10-19(11-8-13)16(20)9-12-23-15-5-3-14(18)4-6-15/h3-6,13H,2,7-12H2,1H3. The number of likely N-dealkylation sites (tertiary alicyclic amines) is 1. The molecule has 1 aliphatic heterocycles. The average Bonchev–Trinajstić information content (AvgIpc) is 2.57. The topological polar surface area (TPSA) is 55.8 Å². The van der Waals surface area contributed by atoms with E-state index in [0.717, 1.165) is 0 Å². The van der Waals surface area contributed by atoms with Crippen molar-refractivity contribution in [1.29, 1.82) is 0 Å². The number of rotatable bonds is 6. The Balaban J connectivity index is 1.68. The number of benzene rings is 1. The van der Waals surface area contributed by atoms with Gasteiger partial charge >= 0.3 is 5.97 Å². The maximum Gasteiger partial charge on any atom is 0.309 e. The van der Waals surface area contributed by atoms with E-state index < -0.39 is 0 Å². The van der Waals surface area contributed by atoms with Gasteiger partial charge in [-0.15, -0.1) is 0 Å². The van der Waals surface area contributed by atoms with Crippen molar-refractivity contribution >= 4 is 11.9 Å². The second-order valence-corrected chi connectivity index (χ2v) is 5.46. The molecule has 0 bridgehead atoms. The van der Waals surface area contributed by atoms with Crippen LogP contribution in [0.5, 0.6) is 5.75 Å². The van der Waals surface area contributed by atoms with Crippen molar-refractivity contribution in [3.8, 4) is 5.75 Å². The smallest absolute Gasteiger partial charge is 0.309 e. The Morgan fingerprint density at radius 1 is 1.22 bits per heavy atom. The highest BCUT2D eigenvalue weighted by Gasteiger charge is 2.27. The van der Waals surface area contributed by atoms with Crippen LogP contribution in [0.3, 0.4) is 0 Å². The summed E-state index contributed by atoms with van der Waals surface area (Å²) in [4.78, 5) is 25.5. The van der Waals surface area contributed by atoms with E-state index in [2.05, 4.69) is 0 Å². The molecule has 0 unspecified atom stereocenters. The minimum Gasteiger partial charge on any atom is -0.493 e. The number of hydrogen-bond acceptors (Lipinski definition) is 4. The number of carbonyl (C=O) groups excluding carboxylic acids is 2. The summed E-state index contributed by atoms with van der Waals surface area (Å²) in [6.07, 6.45) is 1.55. The number of ether oxygens (including phenoxy) is 2. The lowest BCUT2D eigenvalue weighted by molar-refractivity contribution is -0.151. The molecule has 0 aliphatic carbocycles. The van der Waals surface area contributed by atoms with Crippen molar-refractivity contribution in [3.05, 3.63) is 30.1 Å². The maximum absolute atomic E-state index is 12.8. The molecule has 0 N–H and O–H groups in total. The van der Waals surface area contributed by atoms with E-state index in [0.29, 0.717) is 38.3 Å². The molecule has 0 radical (unpaired) electrons. The maximum atomic E-state index is 12.8. The van der Waals surface area contributed by atoms with E-state index in [-0.39, 0.29) is 36.6 Å². The third kappa shape index (κ3) is 5.23. The van der Waals surface area contributed by atoms with Gasteiger partial charge in [-0.2, -0.15) is 0 Å². The quantitative estimate of drug-likeness (QED) is 0.754. The predicted molar refractivity (Wildman–Crippen MR) is 82.4 cm³/mol. The summed E-state index contributed by atoms with van der Waals surface area (Å²) in [6, 6.07) is 5.70. The van der Waals surface area contributed by atoms with E-state index in [1.165, 1.54) is 24.3 Å². The number of hydrogen-bond donors (Lipinski definition) is 0. The largest absolute Gasteiger partial charge is 0.493 e. The minimum absolute atomic E-state index is 0.00872. The van der Waals surface area contributed by atoms with Crippen LogP contribution in [0.25, 0.3) is 0 Å². The summed E-state index contributed by atoms with van der Waals surface area (Å²) in [5.41, 5.74) is 0. The molecule has 126 valence electrons. The van der Waals surface area contributed by atoms with Gasteiger partial charge in [0, 0.05) is 13.1 Å². The normalized spacial score (nSPS) is 15.3. The summed E-state index contributed by atoms with van der Waals surface area (Å²) < 4.78 is 23.2. The Labute approximate surface area is 135 Å². The average molecular weight is 323 g/mol. The Kier molecular flexibility index (Phi) is 6.38. The van der Waals surface area contributed by atoms with Crippen LogP contribution in [0.2, 0.25) is 0 Å². The Morgan fingerprint density at radius 2 is 1.87 bits per heavy atom. The van der Waals surface area contributed by atoms with Gasteiger partial charge in [0.1, 0.15) is 11.6 Å². The Bertz CT molecular complexity index is 524. The third-order valence-corrected chi connectivity index (χ3v) is 3.87. The minimum atomic E-state index is -0.321. The zero-order valence-corrected chi connectivity index (χ0v) is 13.3. The van der Waals surface area contributed by atoms with Crippen molar-refractivity contribution < 1.29 is 23.5 Å². The third-order valence-electron chi connectivity index (χ3n) is 3.87. The fraction of sp³-hybridized carbons (Fsp3) is 0.529. The lowest BCUT2D eigenvalue weighted by atomic mass is 9.97. The first-order chi connectivity index (χ1) is 11.1. The van der Waals surface area contributed by atoms with E-state index in [1.807, 2.05) is 0 Å². The van der Waals surface area contributed by atoms with Crippen molar-refractivity contribution in [2.45, 2.75) is 26.2 Å². The zero-order valence-electron chi connectivity index (χ0n) is 13.3. The van der Waals surface area contributed by atoms with E-state index in [9.17, 15) is 14.0 Å². The SMILES string of the molecule is CCOC(=O)C1CCN(C(=O)CCOc2ccc(F)cc2)CC1. The summed E-state index contributed by atoms with van der Waals surface area (Å²) in [6.45, 7) is 3.57. The van der Waals surface area contributed by atoms with Crippen LogP contribution in [-0.4, -0.2) is 43.1 Å². The molecular weight excluding hydrogens is 301 g/mol. The molecule has 1 aliphatic rings. The zero-order chi connectivity index (χ0) is 16.7. The van der Waals surface area contributed by atoms with E-state index >= 15 is 0 Å². The van der Waals surface area contributed by atoms with Crippen molar-refractivity contribution in [2.24, 2.45) is 5.92 Å². The molecule has 5 nitrogen and oxygen atoms in total. The molecule has 0 spiro atoms. The van der Waals surface area contributed by atoms with Crippen molar-refractivity contribution in [1.82, 2.24) is 4.90 Å². The second kappa shape index (κ2) is 8.50. The van der Waals surface area contributed by atoms with Gasteiger partial charge in [0.25, 0.3) is 0 Å². The summed E-state index contributed by atoms with van der Waals surface area (Å²) >= 11 is 0. The van der Waals surface area contributed by atoms with Crippen LogP contribution in [-0.2, 0) is 14.3 Å². The van der Waals surface area contributed by atoms with Crippen LogP contribution in [0.1, 0.15) is 26.2 Å². The molecule has 6 heteroatoms. The predicted octanol–water partition coefficient (Wildman–Crippen LogP) is 2.40. The molecule has 1 heterocycles. The summed E-state index contributed by atoms with van der Waals surface area (Å²) in [7, 11) is 0. The summed E-state index contributed by atoms with van der Waals surface area (Å²) in [5, 5.41) is 0. The van der Waals surface area contributed by atoms with Gasteiger partial charge in [-0.1, -0.05) is 0 Å². The Morgan fingerprint density at radius 3 is 2.48 bits per heavy atom. The van der Waals surface area contributed by atoms with Crippen molar-refractivity contribution in [2.75, 3.05) is 26.3 Å². The van der Waals surface area contributed by atoms with Gasteiger partial charge in [-0.25, -0.2) is 4.39 Å². The molecule has 1 amide bonds. The number of carbonyl (C=O) groups is 2. The first-order valence-corrected chi connectivity index (χ1v) is 7.93. The molecule has 1 aromatic carbocycles. The van der Waals surface area contributed by atoms with Crippen LogP contribution in [0.4, 0.5) is 4.39 Å². The van der Waals surface area contributed by atoms with E-state index in [1.54, 1.807) is 11.8 Å². The fourth-order valence-corrected chi connectivity index (χ4v) is 2.57. The monoisotopic (exact) mass is 323 g/mol. The molecule has 0 aromatic heterocycles. The van der Waals surface area contributed by atoms with Gasteiger partial charge < -0.3 is 14.4 Å². The van der Waals surface area contributed by atoms with Crippen LogP contribution >= 0.6 is 0 Å². The van der Waals surface area contributed by atoms with Gasteiger partial charge in [-0.05, 0) is 44.0 Å².